The van der Waals surface area contributed by atoms with Crippen molar-refractivity contribution in [1.82, 2.24) is 4.98 Å². The van der Waals surface area contributed by atoms with Gasteiger partial charge in [0.2, 0.25) is 5.91 Å². The molecule has 6 heteroatoms. The summed E-state index contributed by atoms with van der Waals surface area (Å²) in [6, 6.07) is 15.0. The molecule has 0 saturated carbocycles. The smallest absolute Gasteiger partial charge is 0.230 e. The number of aromatic nitrogens is 1. The predicted octanol–water partition coefficient (Wildman–Crippen LogP) is 5.30. The second-order valence-corrected chi connectivity index (χ2v) is 6.48. The number of carbonyl (C=O) groups excluding carboxylic acids is 1. The molecule has 0 atom stereocenters. The summed E-state index contributed by atoms with van der Waals surface area (Å²) in [6.07, 6.45) is 0.187. The molecule has 0 unspecified atom stereocenters. The monoisotopic (exact) mass is 362 g/mol. The van der Waals surface area contributed by atoms with Gasteiger partial charge in [-0.05, 0) is 12.1 Å². The number of nitrogens with one attached hydrogen (secondary N) is 1. The van der Waals surface area contributed by atoms with E-state index in [4.69, 9.17) is 23.2 Å². The summed E-state index contributed by atoms with van der Waals surface area (Å²) in [5.41, 5.74) is 2.27. The van der Waals surface area contributed by atoms with Crippen LogP contribution >= 0.6 is 34.5 Å². The Balaban J connectivity index is 1.69. The third-order valence-corrected chi connectivity index (χ3v) is 4.90. The Labute approximate surface area is 147 Å². The second-order valence-electron chi connectivity index (χ2n) is 4.84. The van der Waals surface area contributed by atoms with Gasteiger partial charge in [-0.1, -0.05) is 59.6 Å². The summed E-state index contributed by atoms with van der Waals surface area (Å²) >= 11 is 13.5. The number of thiazole rings is 1. The van der Waals surface area contributed by atoms with Crippen molar-refractivity contribution in [3.63, 3.8) is 0 Å². The maximum absolute atomic E-state index is 12.1. The second kappa shape index (κ2) is 7.13. The zero-order valence-electron chi connectivity index (χ0n) is 11.9. The van der Waals surface area contributed by atoms with Crippen molar-refractivity contribution >= 4 is 46.1 Å². The third kappa shape index (κ3) is 3.91. The highest BCUT2D eigenvalue weighted by Gasteiger charge is 2.11. The van der Waals surface area contributed by atoms with E-state index < -0.39 is 0 Å². The van der Waals surface area contributed by atoms with E-state index in [1.165, 1.54) is 11.3 Å². The molecule has 0 aliphatic heterocycles. The van der Waals surface area contributed by atoms with Gasteiger partial charge in [0.15, 0.2) is 0 Å². The van der Waals surface area contributed by atoms with Crippen LogP contribution in [0.15, 0.2) is 53.9 Å². The Kier molecular flexibility index (Phi) is 4.96. The van der Waals surface area contributed by atoms with Crippen molar-refractivity contribution in [2.24, 2.45) is 0 Å². The molecule has 1 aromatic heterocycles. The molecular formula is C17H12Cl2N2OS. The Hall–Kier alpha value is -1.88. The minimum Gasteiger partial charge on any atom is -0.324 e. The molecule has 0 fully saturated rings. The maximum Gasteiger partial charge on any atom is 0.230 e. The normalized spacial score (nSPS) is 10.5. The Morgan fingerprint density at radius 3 is 2.65 bits per heavy atom. The van der Waals surface area contributed by atoms with Crippen LogP contribution in [0.1, 0.15) is 5.69 Å². The fourth-order valence-electron chi connectivity index (χ4n) is 2.06. The quantitative estimate of drug-likeness (QED) is 0.684. The van der Waals surface area contributed by atoms with E-state index in [2.05, 4.69) is 10.3 Å². The molecule has 0 radical (unpaired) electrons. The van der Waals surface area contributed by atoms with Crippen LogP contribution in [0.5, 0.6) is 0 Å². The highest BCUT2D eigenvalue weighted by molar-refractivity contribution is 7.13. The van der Waals surface area contributed by atoms with Crippen LogP contribution in [-0.4, -0.2) is 10.9 Å². The largest absolute Gasteiger partial charge is 0.324 e. The van der Waals surface area contributed by atoms with E-state index in [0.717, 1.165) is 16.3 Å². The number of hydrogen-bond donors (Lipinski definition) is 1. The van der Waals surface area contributed by atoms with Crippen LogP contribution in [0.4, 0.5) is 5.69 Å². The van der Waals surface area contributed by atoms with Gasteiger partial charge in [-0.25, -0.2) is 4.98 Å². The molecule has 2 aromatic carbocycles. The number of rotatable bonds is 4. The van der Waals surface area contributed by atoms with E-state index in [-0.39, 0.29) is 12.3 Å². The third-order valence-electron chi connectivity index (χ3n) is 3.14. The average molecular weight is 363 g/mol. The lowest BCUT2D eigenvalue weighted by molar-refractivity contribution is -0.115. The molecule has 0 spiro atoms. The summed E-state index contributed by atoms with van der Waals surface area (Å²) in [6.45, 7) is 0. The molecule has 3 rings (SSSR count). The van der Waals surface area contributed by atoms with E-state index in [0.29, 0.717) is 15.7 Å². The van der Waals surface area contributed by atoms with Crippen molar-refractivity contribution in [3.05, 3.63) is 69.7 Å². The zero-order valence-corrected chi connectivity index (χ0v) is 14.3. The van der Waals surface area contributed by atoms with Gasteiger partial charge in [0.1, 0.15) is 5.01 Å². The standard InChI is InChI=1S/C17H12Cl2N2OS/c18-13-7-4-8-14(16(13)19)21-15(22)9-12-10-23-17(20-12)11-5-2-1-3-6-11/h1-8,10H,9H2,(H,21,22). The Morgan fingerprint density at radius 1 is 1.09 bits per heavy atom. The van der Waals surface area contributed by atoms with Gasteiger partial charge < -0.3 is 5.32 Å². The average Bonchev–Trinajstić information content (AvgIpc) is 3.01. The van der Waals surface area contributed by atoms with Crippen molar-refractivity contribution in [1.29, 1.82) is 0 Å². The summed E-state index contributed by atoms with van der Waals surface area (Å²) in [7, 11) is 0. The summed E-state index contributed by atoms with van der Waals surface area (Å²) in [4.78, 5) is 16.6. The molecule has 0 saturated heterocycles. The Bertz CT molecular complexity index is 834. The molecule has 3 aromatic rings. The predicted molar refractivity (Wildman–Crippen MR) is 96.3 cm³/mol. The molecular weight excluding hydrogens is 351 g/mol. The lowest BCUT2D eigenvalue weighted by Gasteiger charge is -2.07. The van der Waals surface area contributed by atoms with Crippen LogP contribution in [-0.2, 0) is 11.2 Å². The van der Waals surface area contributed by atoms with Crippen molar-refractivity contribution in [3.8, 4) is 10.6 Å². The van der Waals surface area contributed by atoms with Crippen LogP contribution in [0.3, 0.4) is 0 Å². The number of amides is 1. The molecule has 116 valence electrons. The zero-order chi connectivity index (χ0) is 16.2. The number of carbonyl (C=O) groups is 1. The van der Waals surface area contributed by atoms with Gasteiger partial charge in [0.25, 0.3) is 0 Å². The number of anilines is 1. The maximum atomic E-state index is 12.1. The topological polar surface area (TPSA) is 42.0 Å². The van der Waals surface area contributed by atoms with E-state index in [1.54, 1.807) is 18.2 Å². The molecule has 0 bridgehead atoms. The number of hydrogen-bond acceptors (Lipinski definition) is 3. The van der Waals surface area contributed by atoms with Gasteiger partial charge in [-0.15, -0.1) is 11.3 Å². The van der Waals surface area contributed by atoms with Gasteiger partial charge in [-0.2, -0.15) is 0 Å². The first kappa shape index (κ1) is 16.0. The van der Waals surface area contributed by atoms with Crippen molar-refractivity contribution in [2.45, 2.75) is 6.42 Å². The number of halogens is 2. The minimum absolute atomic E-state index is 0.181. The first-order valence-electron chi connectivity index (χ1n) is 6.87. The molecule has 1 amide bonds. The first-order valence-corrected chi connectivity index (χ1v) is 8.51. The molecule has 23 heavy (non-hydrogen) atoms. The van der Waals surface area contributed by atoms with Crippen LogP contribution in [0, 0.1) is 0 Å². The van der Waals surface area contributed by atoms with Crippen LogP contribution in [0.2, 0.25) is 10.0 Å². The SMILES string of the molecule is O=C(Cc1csc(-c2ccccc2)n1)Nc1cccc(Cl)c1Cl. The fourth-order valence-corrected chi connectivity index (χ4v) is 3.23. The van der Waals surface area contributed by atoms with Gasteiger partial charge >= 0.3 is 0 Å². The van der Waals surface area contributed by atoms with Crippen molar-refractivity contribution < 1.29 is 4.79 Å². The van der Waals surface area contributed by atoms with Crippen LogP contribution < -0.4 is 5.32 Å². The lowest BCUT2D eigenvalue weighted by atomic mass is 10.2. The molecule has 1 heterocycles. The number of nitrogens with zero attached hydrogens (tertiary/aromatic N) is 1. The lowest BCUT2D eigenvalue weighted by Crippen LogP contribution is -2.14. The highest BCUT2D eigenvalue weighted by Crippen LogP contribution is 2.29. The molecule has 1 N–H and O–H groups in total. The minimum atomic E-state index is -0.181. The van der Waals surface area contributed by atoms with E-state index in [1.807, 2.05) is 35.7 Å². The van der Waals surface area contributed by atoms with Crippen LogP contribution in [0.25, 0.3) is 10.6 Å². The van der Waals surface area contributed by atoms with Crippen molar-refractivity contribution in [2.75, 3.05) is 5.32 Å². The summed E-state index contributed by atoms with van der Waals surface area (Å²) in [5, 5.41) is 6.29. The van der Waals surface area contributed by atoms with Gasteiger partial charge in [0, 0.05) is 10.9 Å². The first-order chi connectivity index (χ1) is 11.1. The molecule has 3 nitrogen and oxygen atoms in total. The fraction of sp³-hybridized carbons (Fsp3) is 0.0588. The van der Waals surface area contributed by atoms with Gasteiger partial charge in [-0.3, -0.25) is 4.79 Å². The molecule has 0 aliphatic rings. The summed E-state index contributed by atoms with van der Waals surface area (Å²) < 4.78 is 0. The molecule has 0 aliphatic carbocycles. The van der Waals surface area contributed by atoms with E-state index in [9.17, 15) is 4.79 Å². The Morgan fingerprint density at radius 2 is 1.87 bits per heavy atom. The number of benzene rings is 2. The summed E-state index contributed by atoms with van der Waals surface area (Å²) in [5.74, 6) is -0.181. The van der Waals surface area contributed by atoms with E-state index >= 15 is 0 Å². The van der Waals surface area contributed by atoms with Gasteiger partial charge in [0.05, 0.1) is 27.8 Å². The highest BCUT2D eigenvalue weighted by atomic mass is 35.5.